The summed E-state index contributed by atoms with van der Waals surface area (Å²) in [4.78, 5) is 38.6. The Kier molecular flexibility index (Phi) is 4.53. The quantitative estimate of drug-likeness (QED) is 0.813. The number of hydrogen-bond donors (Lipinski definition) is 2. The first-order valence-electron chi connectivity index (χ1n) is 8.82. The Labute approximate surface area is 146 Å². The van der Waals surface area contributed by atoms with Crippen molar-refractivity contribution in [3.05, 3.63) is 12.3 Å². The van der Waals surface area contributed by atoms with E-state index in [0.29, 0.717) is 12.2 Å². The second kappa shape index (κ2) is 6.50. The van der Waals surface area contributed by atoms with Crippen molar-refractivity contribution in [1.82, 2.24) is 20.0 Å². The molecule has 25 heavy (non-hydrogen) atoms. The molecule has 1 saturated heterocycles. The Morgan fingerprint density at radius 3 is 2.88 bits per heavy atom. The van der Waals surface area contributed by atoms with E-state index in [1.54, 1.807) is 16.9 Å². The normalized spacial score (nSPS) is 26.4. The summed E-state index contributed by atoms with van der Waals surface area (Å²) in [7, 11) is 0. The van der Waals surface area contributed by atoms with Crippen LogP contribution >= 0.6 is 0 Å². The van der Waals surface area contributed by atoms with Crippen LogP contribution in [0.5, 0.6) is 0 Å². The van der Waals surface area contributed by atoms with Gasteiger partial charge in [0, 0.05) is 12.1 Å². The second-order valence-electron chi connectivity index (χ2n) is 7.24. The molecule has 0 radical (unpaired) electrons. The first-order chi connectivity index (χ1) is 11.8. The number of nitrogens with one attached hydrogen (secondary N) is 2. The van der Waals surface area contributed by atoms with Gasteiger partial charge in [-0.05, 0) is 32.6 Å². The van der Waals surface area contributed by atoms with E-state index in [1.165, 1.54) is 0 Å². The molecule has 8 heteroatoms. The molecule has 1 aromatic heterocycles. The lowest BCUT2D eigenvalue weighted by Crippen LogP contribution is -2.54. The predicted molar refractivity (Wildman–Crippen MR) is 91.8 cm³/mol. The molecule has 2 atom stereocenters. The van der Waals surface area contributed by atoms with Gasteiger partial charge < -0.3 is 10.6 Å². The van der Waals surface area contributed by atoms with E-state index in [2.05, 4.69) is 15.7 Å². The van der Waals surface area contributed by atoms with Gasteiger partial charge >= 0.3 is 6.03 Å². The van der Waals surface area contributed by atoms with Gasteiger partial charge in [-0.2, -0.15) is 5.10 Å². The number of carbonyl (C=O) groups is 3. The molecule has 2 N–H and O–H groups in total. The summed E-state index contributed by atoms with van der Waals surface area (Å²) in [6.45, 7) is 5.60. The average Bonchev–Trinajstić information content (AvgIpc) is 3.10. The lowest BCUT2D eigenvalue weighted by molar-refractivity contribution is -0.136. The third kappa shape index (κ3) is 3.01. The lowest BCUT2D eigenvalue weighted by atomic mass is 9.73. The van der Waals surface area contributed by atoms with Gasteiger partial charge in [0.25, 0.3) is 5.91 Å². The van der Waals surface area contributed by atoms with Crippen molar-refractivity contribution in [3.63, 3.8) is 0 Å². The molecule has 2 aliphatic rings. The molecule has 2 fully saturated rings. The highest BCUT2D eigenvalue weighted by molar-refractivity contribution is 6.10. The first kappa shape index (κ1) is 17.4. The molecule has 1 saturated carbocycles. The number of urea groups is 1. The van der Waals surface area contributed by atoms with E-state index in [1.807, 2.05) is 20.8 Å². The topological polar surface area (TPSA) is 96.3 Å². The van der Waals surface area contributed by atoms with Gasteiger partial charge in [-0.25, -0.2) is 9.48 Å². The number of nitrogens with zero attached hydrogens (tertiary/aromatic N) is 3. The van der Waals surface area contributed by atoms with Crippen LogP contribution in [-0.4, -0.2) is 44.6 Å². The lowest BCUT2D eigenvalue weighted by Gasteiger charge is -2.36. The predicted octanol–water partition coefficient (Wildman–Crippen LogP) is 1.90. The number of aromatic nitrogens is 2. The van der Waals surface area contributed by atoms with Crippen LogP contribution < -0.4 is 10.6 Å². The van der Waals surface area contributed by atoms with Crippen LogP contribution in [0.2, 0.25) is 0 Å². The van der Waals surface area contributed by atoms with Gasteiger partial charge in [-0.15, -0.1) is 0 Å². The molecule has 0 aromatic carbocycles. The van der Waals surface area contributed by atoms with E-state index in [4.69, 9.17) is 0 Å². The van der Waals surface area contributed by atoms with E-state index >= 15 is 0 Å². The van der Waals surface area contributed by atoms with Crippen molar-refractivity contribution in [2.75, 3.05) is 11.9 Å². The number of rotatable bonds is 4. The van der Waals surface area contributed by atoms with Gasteiger partial charge in [0.05, 0.1) is 6.20 Å². The van der Waals surface area contributed by atoms with Crippen LogP contribution in [-0.2, 0) is 9.59 Å². The van der Waals surface area contributed by atoms with Crippen LogP contribution in [0.4, 0.5) is 10.6 Å². The smallest absolute Gasteiger partial charge is 0.323 e. The monoisotopic (exact) mass is 347 g/mol. The Bertz CT molecular complexity index is 698. The maximum absolute atomic E-state index is 12.9. The summed E-state index contributed by atoms with van der Waals surface area (Å²) in [6.07, 6.45) is 5.11. The number of carbonyl (C=O) groups excluding carboxylic acids is 3. The summed E-state index contributed by atoms with van der Waals surface area (Å²) in [6, 6.07) is 1.30. The van der Waals surface area contributed by atoms with Crippen molar-refractivity contribution in [2.24, 2.45) is 5.92 Å². The van der Waals surface area contributed by atoms with Crippen LogP contribution in [0, 0.1) is 5.92 Å². The second-order valence-corrected chi connectivity index (χ2v) is 7.24. The summed E-state index contributed by atoms with van der Waals surface area (Å²) < 4.78 is 1.68. The maximum atomic E-state index is 12.9. The third-order valence-electron chi connectivity index (χ3n) is 5.23. The summed E-state index contributed by atoms with van der Waals surface area (Å²) in [5.74, 6) is -0.0652. The molecule has 1 aliphatic carbocycles. The first-order valence-corrected chi connectivity index (χ1v) is 8.82. The fourth-order valence-electron chi connectivity index (χ4n) is 3.79. The highest BCUT2D eigenvalue weighted by atomic mass is 16.2. The molecular weight excluding hydrogens is 322 g/mol. The highest BCUT2D eigenvalue weighted by Crippen LogP contribution is 2.38. The zero-order valence-corrected chi connectivity index (χ0v) is 14.9. The van der Waals surface area contributed by atoms with Gasteiger partial charge in [0.1, 0.15) is 17.9 Å². The van der Waals surface area contributed by atoms with Crippen LogP contribution in [0.3, 0.4) is 0 Å². The molecule has 8 nitrogen and oxygen atoms in total. The minimum atomic E-state index is -0.838. The number of amides is 4. The SMILES string of the molecule is CC(C)n1nccc1NC(=O)CN1C(=O)NC2(CCCCC2C)C1=O. The molecule has 2 heterocycles. The molecule has 4 amide bonds. The number of imide groups is 1. The molecule has 1 spiro atoms. The largest absolute Gasteiger partial charge is 0.325 e. The molecule has 1 aromatic rings. The van der Waals surface area contributed by atoms with Crippen molar-refractivity contribution >= 4 is 23.7 Å². The van der Waals surface area contributed by atoms with Gasteiger partial charge in [0.2, 0.25) is 5.91 Å². The minimum absolute atomic E-state index is 0.0770. The molecule has 0 bridgehead atoms. The molecule has 3 rings (SSSR count). The van der Waals surface area contributed by atoms with E-state index < -0.39 is 17.5 Å². The molecular formula is C17H25N5O3. The molecule has 136 valence electrons. The zero-order valence-electron chi connectivity index (χ0n) is 14.9. The fourth-order valence-corrected chi connectivity index (χ4v) is 3.79. The fraction of sp³-hybridized carbons (Fsp3) is 0.647. The Hall–Kier alpha value is -2.38. The Morgan fingerprint density at radius 2 is 2.20 bits per heavy atom. The zero-order chi connectivity index (χ0) is 18.2. The van der Waals surface area contributed by atoms with E-state index in [0.717, 1.165) is 24.2 Å². The van der Waals surface area contributed by atoms with E-state index in [9.17, 15) is 14.4 Å². The summed E-state index contributed by atoms with van der Waals surface area (Å²) in [5.41, 5.74) is -0.838. The van der Waals surface area contributed by atoms with Crippen molar-refractivity contribution in [1.29, 1.82) is 0 Å². The molecule has 1 aliphatic heterocycles. The average molecular weight is 347 g/mol. The maximum Gasteiger partial charge on any atom is 0.325 e. The number of hydrogen-bond acceptors (Lipinski definition) is 4. The van der Waals surface area contributed by atoms with Crippen molar-refractivity contribution < 1.29 is 14.4 Å². The standard InChI is InChI=1S/C17H25N5O3/c1-11(2)22-13(7-9-18-22)19-14(23)10-21-15(24)17(20-16(21)25)8-5-4-6-12(17)3/h7,9,11-12H,4-6,8,10H2,1-3H3,(H,19,23)(H,20,25). The number of anilines is 1. The molecule has 2 unspecified atom stereocenters. The van der Waals surface area contributed by atoms with Crippen molar-refractivity contribution in [3.8, 4) is 0 Å². The van der Waals surface area contributed by atoms with Gasteiger partial charge in [-0.1, -0.05) is 19.8 Å². The Balaban J connectivity index is 1.70. The third-order valence-corrected chi connectivity index (χ3v) is 5.23. The van der Waals surface area contributed by atoms with Crippen molar-refractivity contribution in [2.45, 2.75) is 58.0 Å². The highest BCUT2D eigenvalue weighted by Gasteiger charge is 2.55. The van der Waals surface area contributed by atoms with Crippen LogP contribution in [0.25, 0.3) is 0 Å². The Morgan fingerprint density at radius 1 is 1.44 bits per heavy atom. The van der Waals surface area contributed by atoms with Gasteiger partial charge in [-0.3, -0.25) is 14.5 Å². The van der Waals surface area contributed by atoms with Gasteiger partial charge in [0.15, 0.2) is 0 Å². The van der Waals surface area contributed by atoms with E-state index in [-0.39, 0.29) is 24.4 Å². The van der Waals surface area contributed by atoms with Crippen LogP contribution in [0.15, 0.2) is 12.3 Å². The minimum Gasteiger partial charge on any atom is -0.323 e. The summed E-state index contributed by atoms with van der Waals surface area (Å²) >= 11 is 0. The van der Waals surface area contributed by atoms with Crippen LogP contribution in [0.1, 0.15) is 52.5 Å². The summed E-state index contributed by atoms with van der Waals surface area (Å²) in [5, 5.41) is 9.73.